The summed E-state index contributed by atoms with van der Waals surface area (Å²) in [7, 11) is 1.68. The molecule has 0 fully saturated rings. The van der Waals surface area contributed by atoms with Gasteiger partial charge in [-0.2, -0.15) is 0 Å². The van der Waals surface area contributed by atoms with Crippen LogP contribution in [-0.4, -0.2) is 26.2 Å². The molecule has 1 rings (SSSR count). The molecule has 0 aromatic carbocycles. The maximum Gasteiger partial charge on any atom is 0.263 e. The second-order valence-corrected chi connectivity index (χ2v) is 5.71. The quantitative estimate of drug-likeness (QED) is 0.819. The van der Waals surface area contributed by atoms with Crippen LogP contribution < -0.4 is 11.1 Å². The van der Waals surface area contributed by atoms with Gasteiger partial charge in [-0.05, 0) is 23.3 Å². The van der Waals surface area contributed by atoms with Gasteiger partial charge in [0.1, 0.15) is 4.88 Å². The van der Waals surface area contributed by atoms with Gasteiger partial charge in [0.05, 0.1) is 5.69 Å². The van der Waals surface area contributed by atoms with Crippen LogP contribution in [0.5, 0.6) is 0 Å². The molecule has 17 heavy (non-hydrogen) atoms. The van der Waals surface area contributed by atoms with Gasteiger partial charge in [-0.25, -0.2) is 0 Å². The van der Waals surface area contributed by atoms with Gasteiger partial charge in [-0.15, -0.1) is 11.3 Å². The van der Waals surface area contributed by atoms with Crippen LogP contribution in [-0.2, 0) is 4.74 Å². The van der Waals surface area contributed by atoms with E-state index in [-0.39, 0.29) is 11.3 Å². The molecule has 0 aliphatic rings. The largest absolute Gasteiger partial charge is 0.397 e. The summed E-state index contributed by atoms with van der Waals surface area (Å²) in [5.74, 6) is -0.0945. The van der Waals surface area contributed by atoms with Crippen LogP contribution >= 0.6 is 11.3 Å². The van der Waals surface area contributed by atoms with Gasteiger partial charge >= 0.3 is 0 Å². The number of nitrogens with one attached hydrogen (secondary N) is 1. The van der Waals surface area contributed by atoms with E-state index in [1.54, 1.807) is 13.2 Å². The average molecular weight is 256 g/mol. The number of amides is 1. The third-order valence-electron chi connectivity index (χ3n) is 2.61. The zero-order chi connectivity index (χ0) is 12.9. The van der Waals surface area contributed by atoms with Crippen molar-refractivity contribution < 1.29 is 9.53 Å². The molecular formula is C12H20N2O2S. The van der Waals surface area contributed by atoms with Gasteiger partial charge in [-0.3, -0.25) is 4.79 Å². The second kappa shape index (κ2) is 6.02. The molecule has 0 unspecified atom stereocenters. The van der Waals surface area contributed by atoms with E-state index in [1.165, 1.54) is 11.3 Å². The Bertz CT molecular complexity index is 374. The summed E-state index contributed by atoms with van der Waals surface area (Å²) in [6.45, 7) is 5.52. The van der Waals surface area contributed by atoms with E-state index in [0.717, 1.165) is 6.42 Å². The highest BCUT2D eigenvalue weighted by atomic mass is 32.1. The van der Waals surface area contributed by atoms with Crippen LogP contribution in [0.15, 0.2) is 11.4 Å². The number of rotatable bonds is 6. The van der Waals surface area contributed by atoms with Crippen molar-refractivity contribution in [2.24, 2.45) is 5.41 Å². The highest BCUT2D eigenvalue weighted by Crippen LogP contribution is 2.21. The van der Waals surface area contributed by atoms with Gasteiger partial charge in [0, 0.05) is 20.3 Å². The third-order valence-corrected chi connectivity index (χ3v) is 3.54. The lowest BCUT2D eigenvalue weighted by atomic mass is 9.90. The first-order chi connectivity index (χ1) is 7.96. The Morgan fingerprint density at radius 1 is 1.59 bits per heavy atom. The van der Waals surface area contributed by atoms with Crippen molar-refractivity contribution >= 4 is 22.9 Å². The summed E-state index contributed by atoms with van der Waals surface area (Å²) in [5.41, 5.74) is 6.26. The van der Waals surface area contributed by atoms with Gasteiger partial charge in [0.25, 0.3) is 5.91 Å². The molecule has 96 valence electrons. The number of carbonyl (C=O) groups excluding carboxylic acids is 1. The smallest absolute Gasteiger partial charge is 0.263 e. The van der Waals surface area contributed by atoms with Crippen LogP contribution in [0.3, 0.4) is 0 Å². The fourth-order valence-electron chi connectivity index (χ4n) is 1.37. The molecule has 1 amide bonds. The molecule has 1 aromatic rings. The number of hydrogen-bond donors (Lipinski definition) is 2. The van der Waals surface area contributed by atoms with Crippen molar-refractivity contribution in [2.75, 3.05) is 26.0 Å². The highest BCUT2D eigenvalue weighted by Gasteiger charge is 2.20. The fourth-order valence-corrected chi connectivity index (χ4v) is 2.10. The number of nitrogen functional groups attached to an aromatic ring is 1. The minimum atomic E-state index is -0.0945. The lowest BCUT2D eigenvalue weighted by Crippen LogP contribution is -2.34. The molecule has 1 heterocycles. The fraction of sp³-hybridized carbons (Fsp3) is 0.583. The molecule has 0 aliphatic carbocycles. The highest BCUT2D eigenvalue weighted by molar-refractivity contribution is 7.12. The molecular weight excluding hydrogens is 236 g/mol. The van der Waals surface area contributed by atoms with Gasteiger partial charge in [-0.1, -0.05) is 13.8 Å². The zero-order valence-corrected chi connectivity index (χ0v) is 11.4. The van der Waals surface area contributed by atoms with Gasteiger partial charge < -0.3 is 15.8 Å². The monoisotopic (exact) mass is 256 g/mol. The summed E-state index contributed by atoms with van der Waals surface area (Å²) in [4.78, 5) is 12.4. The predicted molar refractivity (Wildman–Crippen MR) is 71.3 cm³/mol. The number of ether oxygens (including phenoxy) is 1. The number of nitrogens with two attached hydrogens (primary N) is 1. The molecule has 3 N–H and O–H groups in total. The number of methoxy groups -OCH3 is 1. The Morgan fingerprint density at radius 2 is 2.29 bits per heavy atom. The molecule has 0 saturated carbocycles. The average Bonchev–Trinajstić information content (AvgIpc) is 2.70. The Hall–Kier alpha value is -1.07. The van der Waals surface area contributed by atoms with Crippen molar-refractivity contribution in [3.63, 3.8) is 0 Å². The maximum absolute atomic E-state index is 11.8. The Labute approximate surface area is 106 Å². The van der Waals surface area contributed by atoms with Crippen molar-refractivity contribution in [3.05, 3.63) is 16.3 Å². The lowest BCUT2D eigenvalue weighted by Gasteiger charge is -2.24. The number of thiophene rings is 1. The molecule has 0 saturated heterocycles. The number of hydrogen-bond acceptors (Lipinski definition) is 4. The van der Waals surface area contributed by atoms with Crippen molar-refractivity contribution in [2.45, 2.75) is 20.3 Å². The standard InChI is InChI=1S/C12H20N2O2S/c1-12(2,5-6-16-3)8-14-11(15)10-9(13)4-7-17-10/h4,7H,5-6,8,13H2,1-3H3,(H,14,15). The van der Waals surface area contributed by atoms with E-state index in [1.807, 2.05) is 5.38 Å². The van der Waals surface area contributed by atoms with Crippen LogP contribution in [0.1, 0.15) is 29.9 Å². The van der Waals surface area contributed by atoms with E-state index in [9.17, 15) is 4.79 Å². The van der Waals surface area contributed by atoms with E-state index in [4.69, 9.17) is 10.5 Å². The second-order valence-electron chi connectivity index (χ2n) is 4.79. The van der Waals surface area contributed by atoms with Gasteiger partial charge in [0.15, 0.2) is 0 Å². The molecule has 5 heteroatoms. The Kier molecular flexibility index (Phi) is 4.96. The summed E-state index contributed by atoms with van der Waals surface area (Å²) in [6.07, 6.45) is 0.906. The minimum Gasteiger partial charge on any atom is -0.397 e. The summed E-state index contributed by atoms with van der Waals surface area (Å²) in [6, 6.07) is 1.75. The van der Waals surface area contributed by atoms with E-state index in [2.05, 4.69) is 19.2 Å². The van der Waals surface area contributed by atoms with Crippen molar-refractivity contribution in [3.8, 4) is 0 Å². The van der Waals surface area contributed by atoms with Crippen molar-refractivity contribution in [1.29, 1.82) is 0 Å². The van der Waals surface area contributed by atoms with E-state index >= 15 is 0 Å². The molecule has 0 spiro atoms. The number of anilines is 1. The van der Waals surface area contributed by atoms with Crippen LogP contribution in [0, 0.1) is 5.41 Å². The Morgan fingerprint density at radius 3 is 2.82 bits per heavy atom. The third kappa shape index (κ3) is 4.36. The van der Waals surface area contributed by atoms with Crippen LogP contribution in [0.2, 0.25) is 0 Å². The summed E-state index contributed by atoms with van der Waals surface area (Å²) < 4.78 is 5.05. The molecule has 0 bridgehead atoms. The molecule has 1 aromatic heterocycles. The molecule has 4 nitrogen and oxygen atoms in total. The first kappa shape index (κ1) is 14.0. The molecule has 0 radical (unpaired) electrons. The van der Waals surface area contributed by atoms with Gasteiger partial charge in [0.2, 0.25) is 0 Å². The first-order valence-electron chi connectivity index (χ1n) is 5.56. The topological polar surface area (TPSA) is 64.3 Å². The zero-order valence-electron chi connectivity index (χ0n) is 10.6. The van der Waals surface area contributed by atoms with E-state index in [0.29, 0.717) is 23.7 Å². The van der Waals surface area contributed by atoms with Crippen LogP contribution in [0.4, 0.5) is 5.69 Å². The molecule has 0 atom stereocenters. The molecule has 0 aliphatic heterocycles. The van der Waals surface area contributed by atoms with Crippen molar-refractivity contribution in [1.82, 2.24) is 5.32 Å². The van der Waals surface area contributed by atoms with Crippen LogP contribution in [0.25, 0.3) is 0 Å². The SMILES string of the molecule is COCCC(C)(C)CNC(=O)c1sccc1N. The minimum absolute atomic E-state index is 0.0255. The Balaban J connectivity index is 2.45. The summed E-state index contributed by atoms with van der Waals surface area (Å²) >= 11 is 1.36. The summed E-state index contributed by atoms with van der Waals surface area (Å²) in [5, 5.41) is 4.73. The normalized spacial score (nSPS) is 11.5. The lowest BCUT2D eigenvalue weighted by molar-refractivity contribution is 0.0925. The maximum atomic E-state index is 11.8. The number of carbonyl (C=O) groups is 1. The predicted octanol–water partition coefficient (Wildman–Crippen LogP) is 2.12. The first-order valence-corrected chi connectivity index (χ1v) is 6.44. The van der Waals surface area contributed by atoms with E-state index < -0.39 is 0 Å².